The van der Waals surface area contributed by atoms with Crippen LogP contribution in [0.15, 0.2) is 18.2 Å². The SMILES string of the molecule is CNC(=O)c1cc(C(C)C)ccc1C=O.O=C1CCCC(=O)N1. The van der Waals surface area contributed by atoms with Gasteiger partial charge >= 0.3 is 0 Å². The number of amides is 3. The summed E-state index contributed by atoms with van der Waals surface area (Å²) in [5.41, 5.74) is 1.93. The highest BCUT2D eigenvalue weighted by atomic mass is 16.2. The molecule has 0 aliphatic carbocycles. The molecule has 1 heterocycles. The minimum Gasteiger partial charge on any atom is -0.355 e. The molecule has 0 unspecified atom stereocenters. The van der Waals surface area contributed by atoms with Crippen LogP contribution in [-0.4, -0.2) is 31.1 Å². The molecule has 1 aliphatic heterocycles. The number of benzene rings is 1. The van der Waals surface area contributed by atoms with Crippen molar-refractivity contribution in [3.8, 4) is 0 Å². The number of carbonyl (C=O) groups is 4. The van der Waals surface area contributed by atoms with Gasteiger partial charge in [0.2, 0.25) is 11.8 Å². The summed E-state index contributed by atoms with van der Waals surface area (Å²) in [4.78, 5) is 42.9. The predicted molar refractivity (Wildman–Crippen MR) is 86.3 cm³/mol. The van der Waals surface area contributed by atoms with Crippen molar-refractivity contribution in [2.45, 2.75) is 39.0 Å². The minimum absolute atomic E-state index is 0.138. The summed E-state index contributed by atoms with van der Waals surface area (Å²) in [6, 6.07) is 5.33. The van der Waals surface area contributed by atoms with Crippen LogP contribution in [0.1, 0.15) is 65.3 Å². The highest BCUT2D eigenvalue weighted by Gasteiger charge is 2.13. The Bertz CT molecular complexity index is 595. The summed E-state index contributed by atoms with van der Waals surface area (Å²) in [7, 11) is 1.55. The number of piperidine rings is 1. The lowest BCUT2D eigenvalue weighted by atomic mass is 9.97. The van der Waals surface area contributed by atoms with Crippen molar-refractivity contribution in [3.05, 3.63) is 34.9 Å². The quantitative estimate of drug-likeness (QED) is 0.656. The molecule has 1 aliphatic rings. The molecule has 6 heteroatoms. The number of imide groups is 1. The molecule has 124 valence electrons. The zero-order chi connectivity index (χ0) is 17.4. The van der Waals surface area contributed by atoms with Crippen molar-refractivity contribution in [3.63, 3.8) is 0 Å². The van der Waals surface area contributed by atoms with Gasteiger partial charge in [-0.3, -0.25) is 24.5 Å². The zero-order valence-electron chi connectivity index (χ0n) is 13.6. The molecular weight excluding hydrogens is 296 g/mol. The molecule has 1 saturated heterocycles. The number of carbonyl (C=O) groups excluding carboxylic acids is 4. The molecule has 23 heavy (non-hydrogen) atoms. The van der Waals surface area contributed by atoms with E-state index in [-0.39, 0.29) is 17.7 Å². The van der Waals surface area contributed by atoms with E-state index in [9.17, 15) is 19.2 Å². The van der Waals surface area contributed by atoms with E-state index in [0.29, 0.717) is 42.6 Å². The lowest BCUT2D eigenvalue weighted by Crippen LogP contribution is -2.33. The van der Waals surface area contributed by atoms with Gasteiger partial charge in [-0.05, 0) is 24.0 Å². The Balaban J connectivity index is 0.000000277. The Morgan fingerprint density at radius 1 is 1.22 bits per heavy atom. The second kappa shape index (κ2) is 8.82. The summed E-state index contributed by atoms with van der Waals surface area (Å²) < 4.78 is 0. The van der Waals surface area contributed by atoms with Gasteiger partial charge in [-0.25, -0.2) is 0 Å². The Morgan fingerprint density at radius 2 is 1.83 bits per heavy atom. The van der Waals surface area contributed by atoms with Gasteiger partial charge in [-0.2, -0.15) is 0 Å². The molecule has 2 N–H and O–H groups in total. The van der Waals surface area contributed by atoms with Crippen LogP contribution >= 0.6 is 0 Å². The minimum atomic E-state index is -0.223. The number of aldehydes is 1. The smallest absolute Gasteiger partial charge is 0.251 e. The Morgan fingerprint density at radius 3 is 2.22 bits per heavy atom. The largest absolute Gasteiger partial charge is 0.355 e. The number of hydrogen-bond donors (Lipinski definition) is 2. The predicted octanol–water partition coefficient (Wildman–Crippen LogP) is 1.80. The van der Waals surface area contributed by atoms with E-state index in [4.69, 9.17) is 0 Å². The van der Waals surface area contributed by atoms with E-state index in [1.54, 1.807) is 19.2 Å². The van der Waals surface area contributed by atoms with Crippen molar-refractivity contribution >= 4 is 24.0 Å². The lowest BCUT2D eigenvalue weighted by Gasteiger charge is -2.09. The molecule has 0 bridgehead atoms. The normalized spacial score (nSPS) is 13.7. The number of hydrogen-bond acceptors (Lipinski definition) is 4. The van der Waals surface area contributed by atoms with E-state index >= 15 is 0 Å². The molecule has 0 saturated carbocycles. The van der Waals surface area contributed by atoms with Crippen LogP contribution in [0.4, 0.5) is 0 Å². The maximum absolute atomic E-state index is 11.5. The molecule has 1 fully saturated rings. The summed E-state index contributed by atoms with van der Waals surface area (Å²) in [5.74, 6) is -0.156. The van der Waals surface area contributed by atoms with Gasteiger partial charge in [-0.1, -0.05) is 26.0 Å². The van der Waals surface area contributed by atoms with E-state index in [1.165, 1.54) is 0 Å². The Kier molecular flexibility index (Phi) is 7.12. The third-order valence-electron chi connectivity index (χ3n) is 3.43. The molecule has 1 aromatic rings. The van der Waals surface area contributed by atoms with Gasteiger partial charge < -0.3 is 5.32 Å². The average Bonchev–Trinajstić information content (AvgIpc) is 2.53. The van der Waals surface area contributed by atoms with Crippen LogP contribution in [0.5, 0.6) is 0 Å². The summed E-state index contributed by atoms with van der Waals surface area (Å²) in [5, 5.41) is 4.73. The van der Waals surface area contributed by atoms with Crippen LogP contribution in [0.25, 0.3) is 0 Å². The third-order valence-corrected chi connectivity index (χ3v) is 3.43. The van der Waals surface area contributed by atoms with E-state index < -0.39 is 0 Å². The molecule has 0 spiro atoms. The van der Waals surface area contributed by atoms with Crippen LogP contribution in [0, 0.1) is 0 Å². The molecule has 2 rings (SSSR count). The van der Waals surface area contributed by atoms with Gasteiger partial charge in [0.15, 0.2) is 6.29 Å². The first-order chi connectivity index (χ1) is 10.9. The molecule has 0 atom stereocenters. The molecule has 3 amide bonds. The van der Waals surface area contributed by atoms with Crippen molar-refractivity contribution in [1.29, 1.82) is 0 Å². The summed E-state index contributed by atoms with van der Waals surface area (Å²) in [6.45, 7) is 4.09. The number of nitrogens with one attached hydrogen (secondary N) is 2. The van der Waals surface area contributed by atoms with Crippen molar-refractivity contribution in [1.82, 2.24) is 10.6 Å². The van der Waals surface area contributed by atoms with Crippen LogP contribution in [-0.2, 0) is 9.59 Å². The van der Waals surface area contributed by atoms with Crippen molar-refractivity contribution in [2.24, 2.45) is 0 Å². The van der Waals surface area contributed by atoms with Crippen molar-refractivity contribution in [2.75, 3.05) is 7.05 Å². The number of rotatable bonds is 3. The first kappa shape index (κ1) is 18.5. The average molecular weight is 318 g/mol. The monoisotopic (exact) mass is 318 g/mol. The van der Waals surface area contributed by atoms with Gasteiger partial charge in [0.25, 0.3) is 5.91 Å². The van der Waals surface area contributed by atoms with Crippen LogP contribution < -0.4 is 10.6 Å². The Labute approximate surface area is 135 Å². The van der Waals surface area contributed by atoms with E-state index in [2.05, 4.69) is 10.6 Å². The fourth-order valence-electron chi connectivity index (χ4n) is 2.06. The maximum Gasteiger partial charge on any atom is 0.251 e. The lowest BCUT2D eigenvalue weighted by molar-refractivity contribution is -0.132. The van der Waals surface area contributed by atoms with Gasteiger partial charge in [0.1, 0.15) is 0 Å². The molecule has 0 aromatic heterocycles. The van der Waals surface area contributed by atoms with Gasteiger partial charge in [-0.15, -0.1) is 0 Å². The second-order valence-corrected chi connectivity index (χ2v) is 5.52. The van der Waals surface area contributed by atoms with Crippen molar-refractivity contribution < 1.29 is 19.2 Å². The highest BCUT2D eigenvalue weighted by Crippen LogP contribution is 2.18. The summed E-state index contributed by atoms with van der Waals surface area (Å²) in [6.07, 6.45) is 2.43. The topological polar surface area (TPSA) is 92.3 Å². The molecular formula is C17H22N2O4. The van der Waals surface area contributed by atoms with Crippen LogP contribution in [0.2, 0.25) is 0 Å². The standard InChI is InChI=1S/C12H15NO2.C5H7NO2/c1-8(2)9-4-5-10(7-14)11(6-9)12(15)13-3;7-4-2-1-3-5(8)6-4/h4-8H,1-3H3,(H,13,15);1-3H2,(H,6,7,8). The van der Waals surface area contributed by atoms with Gasteiger partial charge in [0, 0.05) is 25.5 Å². The molecule has 0 radical (unpaired) electrons. The second-order valence-electron chi connectivity index (χ2n) is 5.52. The van der Waals surface area contributed by atoms with E-state index in [0.717, 1.165) is 5.56 Å². The fraction of sp³-hybridized carbons (Fsp3) is 0.412. The van der Waals surface area contributed by atoms with Gasteiger partial charge in [0.05, 0.1) is 5.56 Å². The first-order valence-corrected chi connectivity index (χ1v) is 7.53. The maximum atomic E-state index is 11.5. The first-order valence-electron chi connectivity index (χ1n) is 7.53. The zero-order valence-corrected chi connectivity index (χ0v) is 13.6. The Hall–Kier alpha value is -2.50. The third kappa shape index (κ3) is 5.65. The molecule has 6 nitrogen and oxygen atoms in total. The van der Waals surface area contributed by atoms with Crippen LogP contribution in [0.3, 0.4) is 0 Å². The fourth-order valence-corrected chi connectivity index (χ4v) is 2.06. The van der Waals surface area contributed by atoms with E-state index in [1.807, 2.05) is 19.9 Å². The summed E-state index contributed by atoms with van der Waals surface area (Å²) >= 11 is 0. The highest BCUT2D eigenvalue weighted by molar-refractivity contribution is 6.01. The molecule has 1 aromatic carbocycles.